The van der Waals surface area contributed by atoms with Gasteiger partial charge in [-0.15, -0.1) is 0 Å². The number of nitrogens with zero attached hydrogens (tertiary/aromatic N) is 3. The Morgan fingerprint density at radius 2 is 1.34 bits per heavy atom. The maximum atomic E-state index is 12.5. The summed E-state index contributed by atoms with van der Waals surface area (Å²) in [6, 6.07) is 40.6. The summed E-state index contributed by atoms with van der Waals surface area (Å²) in [6.45, 7) is 5.19. The molecular formula is C40H43N3O4. The summed E-state index contributed by atoms with van der Waals surface area (Å²) in [5, 5.41) is 8.82. The van der Waals surface area contributed by atoms with Crippen LogP contribution in [0.4, 0.5) is 5.69 Å². The van der Waals surface area contributed by atoms with Crippen molar-refractivity contribution in [1.29, 1.82) is 0 Å². The van der Waals surface area contributed by atoms with E-state index < -0.39 is 5.97 Å². The van der Waals surface area contributed by atoms with E-state index in [0.717, 1.165) is 61.4 Å². The molecule has 2 heterocycles. The first-order chi connectivity index (χ1) is 23.0. The standard InChI is InChI=1S/C22H28N2O.C18H15NO3/c1-2-22(25)24(20-11-7-4-8-12-20)21-14-17-23(18-15-21)16-13-19-9-5-3-6-10-19;20-16(21)12-11-15-19-17(13-7-3-1-4-8-13)18(22-15)14-9-5-2-6-10-14/h3-12,21H,2,13-18H2,1H3;1-10H,11-12H2,(H,20,21). The quantitative estimate of drug-likeness (QED) is 0.159. The van der Waals surface area contributed by atoms with E-state index in [0.29, 0.717) is 24.1 Å². The lowest BCUT2D eigenvalue weighted by Gasteiger charge is -2.38. The highest BCUT2D eigenvalue weighted by molar-refractivity contribution is 5.93. The van der Waals surface area contributed by atoms with Crippen LogP contribution in [0.3, 0.4) is 0 Å². The Morgan fingerprint density at radius 3 is 1.91 bits per heavy atom. The third kappa shape index (κ3) is 9.50. The van der Waals surface area contributed by atoms with Gasteiger partial charge in [-0.1, -0.05) is 116 Å². The second kappa shape index (κ2) is 17.1. The summed E-state index contributed by atoms with van der Waals surface area (Å²) in [6.07, 6.45) is 4.04. The van der Waals surface area contributed by atoms with Crippen molar-refractivity contribution in [3.8, 4) is 22.6 Å². The van der Waals surface area contributed by atoms with Crippen molar-refractivity contribution in [2.24, 2.45) is 0 Å². The number of anilines is 1. The number of carboxylic acids is 1. The number of benzene rings is 4. The van der Waals surface area contributed by atoms with Crippen LogP contribution in [0.15, 0.2) is 126 Å². The van der Waals surface area contributed by atoms with E-state index >= 15 is 0 Å². The van der Waals surface area contributed by atoms with Crippen LogP contribution in [0.25, 0.3) is 22.6 Å². The molecule has 1 amide bonds. The Labute approximate surface area is 277 Å². The molecule has 47 heavy (non-hydrogen) atoms. The lowest BCUT2D eigenvalue weighted by atomic mass is 10.0. The van der Waals surface area contributed by atoms with Gasteiger partial charge in [0.15, 0.2) is 11.7 Å². The lowest BCUT2D eigenvalue weighted by Crippen LogP contribution is -2.47. The smallest absolute Gasteiger partial charge is 0.303 e. The Kier molecular flexibility index (Phi) is 12.1. The Bertz CT molecular complexity index is 1610. The fraction of sp³-hybridized carbons (Fsp3) is 0.275. The normalized spacial score (nSPS) is 13.4. The highest BCUT2D eigenvalue weighted by atomic mass is 16.4. The summed E-state index contributed by atoms with van der Waals surface area (Å²) in [4.78, 5) is 32.3. The van der Waals surface area contributed by atoms with Gasteiger partial charge in [0.05, 0.1) is 6.42 Å². The summed E-state index contributed by atoms with van der Waals surface area (Å²) < 4.78 is 5.83. The number of rotatable bonds is 11. The molecule has 5 aromatic rings. The number of oxazole rings is 1. The van der Waals surface area contributed by atoms with Gasteiger partial charge in [0.1, 0.15) is 5.69 Å². The number of aryl methyl sites for hydroxylation is 1. The lowest BCUT2D eigenvalue weighted by molar-refractivity contribution is -0.137. The molecule has 0 unspecified atom stereocenters. The van der Waals surface area contributed by atoms with E-state index in [1.807, 2.05) is 90.7 Å². The summed E-state index contributed by atoms with van der Waals surface area (Å²) in [7, 11) is 0. The molecule has 0 radical (unpaired) electrons. The first-order valence-electron chi connectivity index (χ1n) is 16.5. The van der Waals surface area contributed by atoms with Gasteiger partial charge in [-0.25, -0.2) is 4.98 Å². The average Bonchev–Trinajstić information content (AvgIpc) is 3.57. The number of carbonyl (C=O) groups is 2. The second-order valence-corrected chi connectivity index (χ2v) is 11.7. The van der Waals surface area contributed by atoms with Crippen LogP contribution in [-0.4, -0.2) is 52.5 Å². The van der Waals surface area contributed by atoms with Gasteiger partial charge in [0, 0.05) is 55.3 Å². The fourth-order valence-electron chi connectivity index (χ4n) is 5.91. The van der Waals surface area contributed by atoms with Crippen LogP contribution in [0, 0.1) is 0 Å². The average molecular weight is 630 g/mol. The number of likely N-dealkylation sites (tertiary alicyclic amines) is 1. The molecule has 6 rings (SSSR count). The van der Waals surface area contributed by atoms with Crippen molar-refractivity contribution in [1.82, 2.24) is 9.88 Å². The predicted molar refractivity (Wildman–Crippen MR) is 187 cm³/mol. The van der Waals surface area contributed by atoms with E-state index in [1.54, 1.807) is 0 Å². The number of para-hydroxylation sites is 1. The third-order valence-corrected chi connectivity index (χ3v) is 8.39. The molecule has 1 aliphatic rings. The number of aliphatic carboxylic acids is 1. The van der Waals surface area contributed by atoms with Crippen LogP contribution in [0.2, 0.25) is 0 Å². The molecule has 1 saturated heterocycles. The molecular weight excluding hydrogens is 586 g/mol. The molecule has 1 fully saturated rings. The van der Waals surface area contributed by atoms with Crippen molar-refractivity contribution in [2.45, 2.75) is 51.5 Å². The van der Waals surface area contributed by atoms with E-state index in [2.05, 4.69) is 52.3 Å². The Morgan fingerprint density at radius 1 is 0.787 bits per heavy atom. The first kappa shape index (κ1) is 33.4. The van der Waals surface area contributed by atoms with Gasteiger partial charge >= 0.3 is 5.97 Å². The predicted octanol–water partition coefficient (Wildman–Crippen LogP) is 8.16. The van der Waals surface area contributed by atoms with Gasteiger partial charge in [0.25, 0.3) is 0 Å². The molecule has 0 atom stereocenters. The number of hydrogen-bond acceptors (Lipinski definition) is 5. The zero-order valence-electron chi connectivity index (χ0n) is 27.0. The number of hydrogen-bond donors (Lipinski definition) is 1. The minimum absolute atomic E-state index is 0.00295. The Balaban J connectivity index is 0.000000186. The van der Waals surface area contributed by atoms with Gasteiger partial charge < -0.3 is 19.3 Å². The monoisotopic (exact) mass is 629 g/mol. The van der Waals surface area contributed by atoms with E-state index in [1.165, 1.54) is 5.56 Å². The van der Waals surface area contributed by atoms with Crippen LogP contribution in [0.5, 0.6) is 0 Å². The van der Waals surface area contributed by atoms with Crippen LogP contribution in [-0.2, 0) is 22.4 Å². The number of carbonyl (C=O) groups excluding carboxylic acids is 1. The minimum atomic E-state index is -0.860. The summed E-state index contributed by atoms with van der Waals surface area (Å²) in [5.74, 6) is 0.488. The van der Waals surface area contributed by atoms with Crippen LogP contribution < -0.4 is 4.90 Å². The van der Waals surface area contributed by atoms with Crippen LogP contribution >= 0.6 is 0 Å². The molecule has 242 valence electrons. The molecule has 7 nitrogen and oxygen atoms in total. The van der Waals surface area contributed by atoms with Crippen molar-refractivity contribution in [3.05, 3.63) is 133 Å². The molecule has 0 spiro atoms. The molecule has 0 aliphatic carbocycles. The SMILES string of the molecule is CCC(=O)N(c1ccccc1)C1CCN(CCc2ccccc2)CC1.O=C(O)CCc1nc(-c2ccccc2)c(-c2ccccc2)o1. The maximum Gasteiger partial charge on any atom is 0.303 e. The number of carboxylic acid groups (broad SMARTS) is 1. The van der Waals surface area contributed by atoms with E-state index in [4.69, 9.17) is 9.52 Å². The molecule has 1 aromatic heterocycles. The van der Waals surface area contributed by atoms with Gasteiger partial charge in [-0.2, -0.15) is 0 Å². The zero-order chi connectivity index (χ0) is 32.8. The third-order valence-electron chi connectivity index (χ3n) is 8.39. The fourth-order valence-corrected chi connectivity index (χ4v) is 5.91. The van der Waals surface area contributed by atoms with Gasteiger partial charge in [-0.3, -0.25) is 9.59 Å². The molecule has 1 N–H and O–H groups in total. The summed E-state index contributed by atoms with van der Waals surface area (Å²) >= 11 is 0. The van der Waals surface area contributed by atoms with E-state index in [9.17, 15) is 9.59 Å². The molecule has 0 bridgehead atoms. The molecule has 1 aliphatic heterocycles. The maximum absolute atomic E-state index is 12.5. The van der Waals surface area contributed by atoms with Crippen LogP contribution in [0.1, 0.15) is 44.1 Å². The number of piperidine rings is 1. The highest BCUT2D eigenvalue weighted by Crippen LogP contribution is 2.33. The number of aromatic nitrogens is 1. The minimum Gasteiger partial charge on any atom is -0.481 e. The van der Waals surface area contributed by atoms with E-state index in [-0.39, 0.29) is 18.7 Å². The van der Waals surface area contributed by atoms with Gasteiger partial charge in [-0.05, 0) is 37.0 Å². The molecule has 0 saturated carbocycles. The number of amides is 1. The van der Waals surface area contributed by atoms with Crippen molar-refractivity contribution >= 4 is 17.6 Å². The zero-order valence-corrected chi connectivity index (χ0v) is 27.0. The molecule has 4 aromatic carbocycles. The van der Waals surface area contributed by atoms with Crippen molar-refractivity contribution in [3.63, 3.8) is 0 Å². The molecule has 7 heteroatoms. The largest absolute Gasteiger partial charge is 0.481 e. The van der Waals surface area contributed by atoms with Crippen molar-refractivity contribution in [2.75, 3.05) is 24.5 Å². The topological polar surface area (TPSA) is 86.9 Å². The van der Waals surface area contributed by atoms with Crippen molar-refractivity contribution < 1.29 is 19.1 Å². The summed E-state index contributed by atoms with van der Waals surface area (Å²) in [5.41, 5.74) is 5.06. The second-order valence-electron chi connectivity index (χ2n) is 11.7. The highest BCUT2D eigenvalue weighted by Gasteiger charge is 2.28. The first-order valence-corrected chi connectivity index (χ1v) is 16.5. The Hall–Kier alpha value is -5.01. The van der Waals surface area contributed by atoms with Gasteiger partial charge in [0.2, 0.25) is 5.91 Å².